The third-order valence-corrected chi connectivity index (χ3v) is 3.89. The quantitative estimate of drug-likeness (QED) is 0.633. The largest absolute Gasteiger partial charge is 0.341 e. The smallest absolute Gasteiger partial charge is 0.247 e. The normalized spacial score (nSPS) is 16.3. The Morgan fingerprint density at radius 1 is 1.18 bits per heavy atom. The van der Waals surface area contributed by atoms with Crippen molar-refractivity contribution in [3.8, 4) is 6.07 Å². The first-order valence-electron chi connectivity index (χ1n) is 7.27. The number of piperidine rings is 1. The first kappa shape index (κ1) is 16.3. The highest BCUT2D eigenvalue weighted by Gasteiger charge is 2.29. The molecule has 114 valence electrons. The molecule has 1 amide bonds. The monoisotopic (exact) mass is 316 g/mol. The molecule has 1 aliphatic rings. The lowest BCUT2D eigenvalue weighted by atomic mass is 10.0. The highest BCUT2D eigenvalue weighted by atomic mass is 35.5. The molecule has 22 heavy (non-hydrogen) atoms. The van der Waals surface area contributed by atoms with E-state index in [9.17, 15) is 9.59 Å². The maximum Gasteiger partial charge on any atom is 0.247 e. The molecule has 0 spiro atoms. The molecule has 1 fully saturated rings. The third kappa shape index (κ3) is 4.19. The summed E-state index contributed by atoms with van der Waals surface area (Å²) >= 11 is 5.79. The molecule has 0 aliphatic carbocycles. The van der Waals surface area contributed by atoms with Crippen molar-refractivity contribution in [1.29, 1.82) is 5.26 Å². The van der Waals surface area contributed by atoms with Crippen molar-refractivity contribution >= 4 is 29.4 Å². The number of carbonyl (C=O) groups excluding carboxylic acids is 2. The van der Waals surface area contributed by atoms with Gasteiger partial charge < -0.3 is 4.90 Å². The summed E-state index contributed by atoms with van der Waals surface area (Å²) in [6.07, 6.45) is 5.83. The number of nitrogens with zero attached hydrogens (tertiary/aromatic N) is 2. The molecular formula is C17H17ClN2O2. The number of nitriles is 1. The number of ketones is 1. The van der Waals surface area contributed by atoms with Gasteiger partial charge in [0.15, 0.2) is 11.7 Å². The molecule has 0 N–H and O–H groups in total. The maximum atomic E-state index is 12.3. The summed E-state index contributed by atoms with van der Waals surface area (Å²) in [7, 11) is 0. The van der Waals surface area contributed by atoms with Gasteiger partial charge in [0.05, 0.1) is 6.07 Å². The number of likely N-dealkylation sites (tertiary alicyclic amines) is 1. The van der Waals surface area contributed by atoms with E-state index in [0.29, 0.717) is 18.1 Å². The fourth-order valence-electron chi connectivity index (χ4n) is 2.39. The van der Waals surface area contributed by atoms with Crippen molar-refractivity contribution < 1.29 is 9.59 Å². The first-order valence-corrected chi connectivity index (χ1v) is 7.65. The lowest BCUT2D eigenvalue weighted by Crippen LogP contribution is -2.41. The molecule has 1 aromatic rings. The molecule has 1 unspecified atom stereocenters. The van der Waals surface area contributed by atoms with Crippen LogP contribution in [0.5, 0.6) is 0 Å². The zero-order valence-corrected chi connectivity index (χ0v) is 12.9. The molecule has 1 heterocycles. The zero-order chi connectivity index (χ0) is 15.9. The SMILES string of the molecule is N#CC(C(=O)/C=C/c1ccc(Cl)cc1)C(=O)N1CCCCC1. The molecule has 0 bridgehead atoms. The summed E-state index contributed by atoms with van der Waals surface area (Å²) < 4.78 is 0. The Bertz CT molecular complexity index is 611. The van der Waals surface area contributed by atoms with Crippen molar-refractivity contribution in [1.82, 2.24) is 4.90 Å². The minimum Gasteiger partial charge on any atom is -0.341 e. The Hall–Kier alpha value is -2.12. The lowest BCUT2D eigenvalue weighted by Gasteiger charge is -2.27. The van der Waals surface area contributed by atoms with Gasteiger partial charge in [-0.1, -0.05) is 29.8 Å². The van der Waals surface area contributed by atoms with Gasteiger partial charge in [-0.3, -0.25) is 9.59 Å². The minimum absolute atomic E-state index is 0.382. The van der Waals surface area contributed by atoms with Crippen LogP contribution in [0.25, 0.3) is 6.08 Å². The average molecular weight is 317 g/mol. The predicted octanol–water partition coefficient (Wildman–Crippen LogP) is 3.07. The van der Waals surface area contributed by atoms with Crippen LogP contribution in [0, 0.1) is 17.2 Å². The first-order chi connectivity index (χ1) is 10.6. The summed E-state index contributed by atoms with van der Waals surface area (Å²) in [5, 5.41) is 9.77. The van der Waals surface area contributed by atoms with Crippen molar-refractivity contribution in [3.63, 3.8) is 0 Å². The van der Waals surface area contributed by atoms with Gasteiger partial charge in [-0.05, 0) is 43.0 Å². The molecule has 0 saturated carbocycles. The van der Waals surface area contributed by atoms with Crippen LogP contribution < -0.4 is 0 Å². The van der Waals surface area contributed by atoms with Crippen LogP contribution in [0.15, 0.2) is 30.3 Å². The second kappa shape index (κ2) is 7.77. The summed E-state index contributed by atoms with van der Waals surface area (Å²) in [6.45, 7) is 1.26. The van der Waals surface area contributed by atoms with Gasteiger partial charge in [0.25, 0.3) is 0 Å². The fourth-order valence-corrected chi connectivity index (χ4v) is 2.51. The van der Waals surface area contributed by atoms with E-state index >= 15 is 0 Å². The average Bonchev–Trinajstić information content (AvgIpc) is 2.55. The molecule has 2 rings (SSSR count). The van der Waals surface area contributed by atoms with Crippen LogP contribution in [-0.4, -0.2) is 29.7 Å². The summed E-state index contributed by atoms with van der Waals surface area (Å²) in [5.41, 5.74) is 0.792. The van der Waals surface area contributed by atoms with Crippen LogP contribution in [0.4, 0.5) is 0 Å². The van der Waals surface area contributed by atoms with Crippen molar-refractivity contribution in [2.75, 3.05) is 13.1 Å². The van der Waals surface area contributed by atoms with E-state index in [1.54, 1.807) is 35.2 Å². The van der Waals surface area contributed by atoms with Crippen LogP contribution in [0.1, 0.15) is 24.8 Å². The highest BCUT2D eigenvalue weighted by Crippen LogP contribution is 2.15. The molecule has 0 aromatic heterocycles. The van der Waals surface area contributed by atoms with Gasteiger partial charge >= 0.3 is 0 Å². The standard InChI is InChI=1S/C17H17ClN2O2/c18-14-7-4-13(5-8-14)6-9-16(21)15(12-19)17(22)20-10-2-1-3-11-20/h4-9,15H,1-3,10-11H2/b9-6+. The molecule has 1 saturated heterocycles. The molecule has 0 radical (unpaired) electrons. The summed E-state index contributed by atoms with van der Waals surface area (Å²) in [6, 6.07) is 8.79. The number of halogens is 1. The van der Waals surface area contributed by atoms with E-state index in [0.717, 1.165) is 24.8 Å². The van der Waals surface area contributed by atoms with E-state index in [2.05, 4.69) is 0 Å². The van der Waals surface area contributed by atoms with E-state index < -0.39 is 11.7 Å². The zero-order valence-electron chi connectivity index (χ0n) is 12.2. The topological polar surface area (TPSA) is 61.2 Å². The van der Waals surface area contributed by atoms with Crippen LogP contribution >= 0.6 is 11.6 Å². The van der Waals surface area contributed by atoms with Crippen molar-refractivity contribution in [2.45, 2.75) is 19.3 Å². The van der Waals surface area contributed by atoms with Gasteiger partial charge in [-0.25, -0.2) is 0 Å². The second-order valence-electron chi connectivity index (χ2n) is 5.24. The van der Waals surface area contributed by atoms with Crippen LogP contribution in [-0.2, 0) is 9.59 Å². The van der Waals surface area contributed by atoms with E-state index in [1.165, 1.54) is 6.08 Å². The lowest BCUT2D eigenvalue weighted by molar-refractivity contribution is -0.138. The Labute approximate surface area is 135 Å². The summed E-state index contributed by atoms with van der Waals surface area (Å²) in [4.78, 5) is 26.0. The second-order valence-corrected chi connectivity index (χ2v) is 5.67. The van der Waals surface area contributed by atoms with Crippen molar-refractivity contribution in [3.05, 3.63) is 40.9 Å². The number of carbonyl (C=O) groups is 2. The van der Waals surface area contributed by atoms with Crippen molar-refractivity contribution in [2.24, 2.45) is 5.92 Å². The number of allylic oxidation sites excluding steroid dienone is 1. The van der Waals surface area contributed by atoms with Gasteiger partial charge in [-0.15, -0.1) is 0 Å². The van der Waals surface area contributed by atoms with E-state index in [1.807, 2.05) is 6.07 Å². The van der Waals surface area contributed by atoms with Gasteiger partial charge in [0.1, 0.15) is 0 Å². The van der Waals surface area contributed by atoms with Gasteiger partial charge in [-0.2, -0.15) is 5.26 Å². The number of rotatable bonds is 4. The number of hydrogen-bond donors (Lipinski definition) is 0. The minimum atomic E-state index is -1.25. The van der Waals surface area contributed by atoms with Gasteiger partial charge in [0.2, 0.25) is 5.91 Å². The number of amides is 1. The van der Waals surface area contributed by atoms with Crippen LogP contribution in [0.3, 0.4) is 0 Å². The Balaban J connectivity index is 2.03. The molecule has 1 aromatic carbocycles. The molecule has 1 atom stereocenters. The summed E-state index contributed by atoms with van der Waals surface area (Å²) in [5.74, 6) is -2.11. The maximum absolute atomic E-state index is 12.3. The number of benzene rings is 1. The predicted molar refractivity (Wildman–Crippen MR) is 85.0 cm³/mol. The molecule has 4 nitrogen and oxygen atoms in total. The third-order valence-electron chi connectivity index (χ3n) is 3.64. The Morgan fingerprint density at radius 3 is 2.41 bits per heavy atom. The fraction of sp³-hybridized carbons (Fsp3) is 0.353. The molecule has 1 aliphatic heterocycles. The Morgan fingerprint density at radius 2 is 1.82 bits per heavy atom. The van der Waals surface area contributed by atoms with E-state index in [-0.39, 0.29) is 5.91 Å². The molecular weight excluding hydrogens is 300 g/mol. The van der Waals surface area contributed by atoms with Gasteiger partial charge in [0, 0.05) is 18.1 Å². The number of hydrogen-bond acceptors (Lipinski definition) is 3. The molecule has 5 heteroatoms. The van der Waals surface area contributed by atoms with Crippen LogP contribution in [0.2, 0.25) is 5.02 Å². The van der Waals surface area contributed by atoms with E-state index in [4.69, 9.17) is 16.9 Å². The Kier molecular flexibility index (Phi) is 5.74. The highest BCUT2D eigenvalue weighted by molar-refractivity contribution is 6.30.